The Morgan fingerprint density at radius 3 is 2.33 bits per heavy atom. The monoisotopic (exact) mass is 437 g/mol. The van der Waals surface area contributed by atoms with E-state index in [-0.39, 0.29) is 17.3 Å². The Bertz CT molecular complexity index is 990. The Morgan fingerprint density at radius 1 is 1.07 bits per heavy atom. The van der Waals surface area contributed by atoms with Gasteiger partial charge in [0.05, 0.1) is 20.8 Å². The Morgan fingerprint density at radius 2 is 1.77 bits per heavy atom. The molecule has 0 saturated carbocycles. The number of benzene rings is 2. The second kappa shape index (κ2) is 10.2. The van der Waals surface area contributed by atoms with E-state index in [1.165, 1.54) is 26.4 Å². The molecular formula is C20H27N3O6S. The van der Waals surface area contributed by atoms with Crippen molar-refractivity contribution in [2.45, 2.75) is 25.3 Å². The third-order valence-electron chi connectivity index (χ3n) is 4.52. The van der Waals surface area contributed by atoms with Gasteiger partial charge < -0.3 is 24.8 Å². The molecule has 9 nitrogen and oxygen atoms in total. The quantitative estimate of drug-likeness (QED) is 0.552. The molecule has 0 heterocycles. The zero-order valence-electron chi connectivity index (χ0n) is 17.4. The van der Waals surface area contributed by atoms with Crippen LogP contribution < -0.4 is 24.4 Å². The van der Waals surface area contributed by atoms with Crippen LogP contribution in [-0.2, 0) is 16.6 Å². The second-order valence-corrected chi connectivity index (χ2v) is 7.90. The normalized spacial score (nSPS) is 11.0. The summed E-state index contributed by atoms with van der Waals surface area (Å²) in [6, 6.07) is 8.43. The number of anilines is 2. The minimum absolute atomic E-state index is 0.0655. The summed E-state index contributed by atoms with van der Waals surface area (Å²) in [7, 11) is -1.52. The molecular weight excluding hydrogens is 410 g/mol. The third-order valence-corrected chi connectivity index (χ3v) is 5.88. The molecule has 0 spiro atoms. The molecule has 30 heavy (non-hydrogen) atoms. The molecule has 0 aliphatic rings. The van der Waals surface area contributed by atoms with Crippen molar-refractivity contribution in [2.24, 2.45) is 0 Å². The van der Waals surface area contributed by atoms with Crippen molar-refractivity contribution < 1.29 is 27.8 Å². The largest absolute Gasteiger partial charge is 0.497 e. The predicted molar refractivity (Wildman–Crippen MR) is 115 cm³/mol. The molecule has 0 aliphatic heterocycles. The lowest BCUT2D eigenvalue weighted by molar-refractivity contribution is 0.256. The van der Waals surface area contributed by atoms with Gasteiger partial charge in [-0.15, -0.1) is 0 Å². The third kappa shape index (κ3) is 5.33. The molecule has 0 aromatic heterocycles. The van der Waals surface area contributed by atoms with Crippen molar-refractivity contribution in [3.8, 4) is 11.5 Å². The summed E-state index contributed by atoms with van der Waals surface area (Å²) in [6.07, 6.45) is 0. The molecule has 2 rings (SSSR count). The molecule has 2 amide bonds. The maximum atomic E-state index is 12.7. The van der Waals surface area contributed by atoms with Crippen molar-refractivity contribution in [3.05, 3.63) is 42.0 Å². The number of hydrogen-bond donors (Lipinski definition) is 3. The molecule has 2 aromatic carbocycles. The Balaban J connectivity index is 2.25. The van der Waals surface area contributed by atoms with E-state index >= 15 is 0 Å². The van der Waals surface area contributed by atoms with E-state index in [1.807, 2.05) is 18.6 Å². The van der Waals surface area contributed by atoms with E-state index in [4.69, 9.17) is 9.47 Å². The highest BCUT2D eigenvalue weighted by atomic mass is 32.2. The number of carbonyl (C=O) groups is 1. The standard InChI is InChI=1S/C20H27N3O6S/c1-5-23(6-2)15-7-9-17(14(11-15)13-24)21-20(25)22-30(26,27)19-12-16(28-3)8-10-18(19)29-4/h7-12,24H,5-6,13H2,1-4H3,(H2,21,22,25). The first-order valence-corrected chi connectivity index (χ1v) is 10.8. The van der Waals surface area contributed by atoms with E-state index in [0.717, 1.165) is 18.8 Å². The van der Waals surface area contributed by atoms with Crippen molar-refractivity contribution in [1.82, 2.24) is 4.72 Å². The highest BCUT2D eigenvalue weighted by Crippen LogP contribution is 2.28. The van der Waals surface area contributed by atoms with E-state index in [9.17, 15) is 18.3 Å². The van der Waals surface area contributed by atoms with E-state index < -0.39 is 16.1 Å². The molecule has 0 saturated heterocycles. The SMILES string of the molecule is CCN(CC)c1ccc(NC(=O)NS(=O)(=O)c2cc(OC)ccc2OC)c(CO)c1. The average Bonchev–Trinajstić information content (AvgIpc) is 2.74. The topological polar surface area (TPSA) is 117 Å². The van der Waals surface area contributed by atoms with Crippen LogP contribution in [0.15, 0.2) is 41.3 Å². The van der Waals surface area contributed by atoms with Crippen molar-refractivity contribution in [1.29, 1.82) is 0 Å². The van der Waals surface area contributed by atoms with Crippen molar-refractivity contribution in [2.75, 3.05) is 37.5 Å². The van der Waals surface area contributed by atoms with Crippen LogP contribution in [-0.4, -0.2) is 46.9 Å². The number of rotatable bonds is 9. The summed E-state index contributed by atoms with van der Waals surface area (Å²) in [5, 5.41) is 12.2. The van der Waals surface area contributed by atoms with Gasteiger partial charge in [0.15, 0.2) is 0 Å². The van der Waals surface area contributed by atoms with Gasteiger partial charge in [-0.3, -0.25) is 0 Å². The van der Waals surface area contributed by atoms with Crippen LogP contribution in [0.3, 0.4) is 0 Å². The summed E-state index contributed by atoms with van der Waals surface area (Å²) >= 11 is 0. The van der Waals surface area contributed by atoms with Gasteiger partial charge in [-0.2, -0.15) is 0 Å². The number of ether oxygens (including phenoxy) is 2. The van der Waals surface area contributed by atoms with Gasteiger partial charge >= 0.3 is 6.03 Å². The van der Waals surface area contributed by atoms with E-state index in [1.54, 1.807) is 24.3 Å². The Hall–Kier alpha value is -2.98. The summed E-state index contributed by atoms with van der Waals surface area (Å²) in [4.78, 5) is 14.2. The summed E-state index contributed by atoms with van der Waals surface area (Å²) in [5.74, 6) is 0.363. The van der Waals surface area contributed by atoms with Gasteiger partial charge in [-0.1, -0.05) is 0 Å². The van der Waals surface area contributed by atoms with Crippen LogP contribution in [0.25, 0.3) is 0 Å². The molecule has 0 radical (unpaired) electrons. The van der Waals surface area contributed by atoms with Gasteiger partial charge in [0.2, 0.25) is 0 Å². The van der Waals surface area contributed by atoms with E-state index in [0.29, 0.717) is 17.0 Å². The number of nitrogens with zero attached hydrogens (tertiary/aromatic N) is 1. The fourth-order valence-corrected chi connectivity index (χ4v) is 4.03. The number of aliphatic hydroxyl groups is 1. The number of aliphatic hydroxyl groups excluding tert-OH is 1. The van der Waals surface area contributed by atoms with Crippen molar-refractivity contribution >= 4 is 27.4 Å². The molecule has 0 bridgehead atoms. The number of nitrogens with one attached hydrogen (secondary N) is 2. The van der Waals surface area contributed by atoms with E-state index in [2.05, 4.69) is 10.2 Å². The lowest BCUT2D eigenvalue weighted by Gasteiger charge is -2.22. The minimum Gasteiger partial charge on any atom is -0.497 e. The van der Waals surface area contributed by atoms with Gasteiger partial charge in [0, 0.05) is 36.1 Å². The predicted octanol–water partition coefficient (Wildman–Crippen LogP) is 2.55. The van der Waals surface area contributed by atoms with Crippen LogP contribution in [0.1, 0.15) is 19.4 Å². The molecule has 0 unspecified atom stereocenters. The minimum atomic E-state index is -4.24. The van der Waals surface area contributed by atoms with Crippen LogP contribution in [0.5, 0.6) is 11.5 Å². The van der Waals surface area contributed by atoms with Crippen LogP contribution in [0.4, 0.5) is 16.2 Å². The lowest BCUT2D eigenvalue weighted by Crippen LogP contribution is -2.34. The molecule has 164 valence electrons. The zero-order valence-corrected chi connectivity index (χ0v) is 18.2. The number of carbonyl (C=O) groups excluding carboxylic acids is 1. The molecule has 3 N–H and O–H groups in total. The zero-order chi connectivity index (χ0) is 22.3. The number of sulfonamides is 1. The summed E-state index contributed by atoms with van der Waals surface area (Å²) in [5.41, 5.74) is 1.66. The lowest BCUT2D eigenvalue weighted by atomic mass is 10.1. The molecule has 10 heteroatoms. The first-order valence-electron chi connectivity index (χ1n) is 9.34. The van der Waals surface area contributed by atoms with Gasteiger partial charge in [-0.05, 0) is 44.2 Å². The molecule has 0 aliphatic carbocycles. The van der Waals surface area contributed by atoms with Crippen molar-refractivity contribution in [3.63, 3.8) is 0 Å². The number of urea groups is 1. The molecule has 2 aromatic rings. The fraction of sp³-hybridized carbons (Fsp3) is 0.350. The van der Waals surface area contributed by atoms with Crippen LogP contribution in [0.2, 0.25) is 0 Å². The second-order valence-electron chi connectivity index (χ2n) is 6.25. The van der Waals surface area contributed by atoms with Crippen LogP contribution >= 0.6 is 0 Å². The summed E-state index contributed by atoms with van der Waals surface area (Å²) in [6.45, 7) is 5.28. The van der Waals surface area contributed by atoms with Crippen LogP contribution in [0, 0.1) is 0 Å². The van der Waals surface area contributed by atoms with Gasteiger partial charge in [0.25, 0.3) is 10.0 Å². The fourth-order valence-electron chi connectivity index (χ4n) is 2.94. The highest BCUT2D eigenvalue weighted by molar-refractivity contribution is 7.90. The first kappa shape index (κ1) is 23.3. The smallest absolute Gasteiger partial charge is 0.333 e. The van der Waals surface area contributed by atoms with Gasteiger partial charge in [-0.25, -0.2) is 17.9 Å². The first-order chi connectivity index (χ1) is 14.3. The number of amides is 2. The maximum absolute atomic E-state index is 12.7. The average molecular weight is 438 g/mol. The number of methoxy groups -OCH3 is 2. The summed E-state index contributed by atoms with van der Waals surface area (Å²) < 4.78 is 37.5. The maximum Gasteiger partial charge on any atom is 0.333 e. The Kier molecular flexibility index (Phi) is 7.90. The van der Waals surface area contributed by atoms with Gasteiger partial charge in [0.1, 0.15) is 16.4 Å². The highest BCUT2D eigenvalue weighted by Gasteiger charge is 2.23. The number of hydrogen-bond acceptors (Lipinski definition) is 7. The molecule has 0 fully saturated rings. The Labute approximate surface area is 176 Å². The molecule has 0 atom stereocenters.